The highest BCUT2D eigenvalue weighted by atomic mass is 79.9. The molecule has 5 nitrogen and oxygen atoms in total. The van der Waals surface area contributed by atoms with Crippen LogP contribution in [0.2, 0.25) is 0 Å². The highest BCUT2D eigenvalue weighted by molar-refractivity contribution is 9.10. The third-order valence-electron chi connectivity index (χ3n) is 3.72. The molecule has 6 heteroatoms. The molecule has 0 unspecified atom stereocenters. The van der Waals surface area contributed by atoms with Crippen LogP contribution in [0.3, 0.4) is 0 Å². The van der Waals surface area contributed by atoms with Gasteiger partial charge in [-0.3, -0.25) is 0 Å². The molecule has 2 rings (SSSR count). The number of aromatic nitrogens is 1. The van der Waals surface area contributed by atoms with E-state index in [1.165, 1.54) is 0 Å². The highest BCUT2D eigenvalue weighted by Gasteiger charge is 2.07. The van der Waals surface area contributed by atoms with Crippen molar-refractivity contribution in [1.82, 2.24) is 9.88 Å². The lowest BCUT2D eigenvalue weighted by molar-refractivity contribution is 0.346. The van der Waals surface area contributed by atoms with Crippen LogP contribution in [0.4, 0.5) is 5.69 Å². The molecule has 0 aliphatic rings. The molecule has 0 aliphatic heterocycles. The van der Waals surface area contributed by atoms with Gasteiger partial charge in [0.25, 0.3) is 0 Å². The number of hydrogen-bond donors (Lipinski definition) is 0. The molecule has 0 amide bonds. The Hall–Kier alpha value is -2.34. The highest BCUT2D eigenvalue weighted by Crippen LogP contribution is 2.29. The van der Waals surface area contributed by atoms with Crippen molar-refractivity contribution in [2.75, 3.05) is 27.3 Å². The smallest absolute Gasteiger partial charge is 0.228 e. The molecule has 0 radical (unpaired) electrons. The number of rotatable bonds is 8. The number of nitrogens with zero attached hydrogens (tertiary/aromatic N) is 3. The van der Waals surface area contributed by atoms with Crippen LogP contribution in [0.1, 0.15) is 18.2 Å². The number of aliphatic imine (C=N–C) groups is 1. The topological polar surface area (TPSA) is 47.0 Å². The zero-order valence-corrected chi connectivity index (χ0v) is 17.2. The first kappa shape index (κ1) is 20.0. The van der Waals surface area contributed by atoms with Crippen LogP contribution in [0, 0.1) is 6.92 Å². The van der Waals surface area contributed by atoms with Crippen LogP contribution in [0.5, 0.6) is 11.6 Å². The summed E-state index contributed by atoms with van der Waals surface area (Å²) in [5.41, 5.74) is 2.69. The van der Waals surface area contributed by atoms with E-state index in [1.807, 2.05) is 61.4 Å². The molecule has 2 aromatic rings. The fourth-order valence-corrected chi connectivity index (χ4v) is 2.50. The zero-order chi connectivity index (χ0) is 18.9. The average Bonchev–Trinajstić information content (AvgIpc) is 2.66. The summed E-state index contributed by atoms with van der Waals surface area (Å²) in [5, 5.41) is 0. The van der Waals surface area contributed by atoms with Crippen LogP contribution >= 0.6 is 15.9 Å². The van der Waals surface area contributed by atoms with Crippen molar-refractivity contribution in [1.29, 1.82) is 0 Å². The minimum absolute atomic E-state index is 0.420. The second kappa shape index (κ2) is 9.97. The van der Waals surface area contributed by atoms with E-state index in [1.54, 1.807) is 13.4 Å². The molecular weight excluding hydrogens is 394 g/mol. The molecule has 0 bridgehead atoms. The Balaban J connectivity index is 2.00. The molecule has 0 fully saturated rings. The quantitative estimate of drug-likeness (QED) is 0.454. The summed E-state index contributed by atoms with van der Waals surface area (Å²) in [6.45, 7) is 5.31. The van der Waals surface area contributed by atoms with E-state index in [0.29, 0.717) is 12.5 Å². The van der Waals surface area contributed by atoms with Crippen LogP contribution in [-0.4, -0.2) is 43.5 Å². The van der Waals surface area contributed by atoms with Gasteiger partial charge in [-0.15, -0.1) is 0 Å². The van der Waals surface area contributed by atoms with Gasteiger partial charge >= 0.3 is 0 Å². The monoisotopic (exact) mass is 417 g/mol. The fourth-order valence-electron chi connectivity index (χ4n) is 2.08. The summed E-state index contributed by atoms with van der Waals surface area (Å²) in [4.78, 5) is 11.0. The van der Waals surface area contributed by atoms with Crippen LogP contribution in [0.25, 0.3) is 6.08 Å². The fraction of sp³-hybridized carbons (Fsp3) is 0.300. The number of methoxy groups -OCH3 is 1. The second-order valence-corrected chi connectivity index (χ2v) is 6.54. The van der Waals surface area contributed by atoms with E-state index in [-0.39, 0.29) is 0 Å². The lowest BCUT2D eigenvalue weighted by atomic mass is 10.2. The predicted octanol–water partition coefficient (Wildman–Crippen LogP) is 4.86. The van der Waals surface area contributed by atoms with Crippen LogP contribution in [0.15, 0.2) is 45.9 Å². The predicted molar refractivity (Wildman–Crippen MR) is 111 cm³/mol. The first-order valence-electron chi connectivity index (χ1n) is 8.38. The number of aryl methyl sites for hydroxylation is 1. The standard InChI is InChI=1S/C20H24BrN3O2/c1-5-24(3)14-22-19-13-18(21)20(23-15(19)2)26-11-7-9-16-8-6-10-17(12-16)25-4/h6-10,12-14H,5,11H2,1-4H3/b9-7-,22-14?. The molecule has 138 valence electrons. The van der Waals surface area contributed by atoms with Gasteiger partial charge in [0.2, 0.25) is 5.88 Å². The lowest BCUT2D eigenvalue weighted by Crippen LogP contribution is -2.14. The van der Waals surface area contributed by atoms with E-state index >= 15 is 0 Å². The SMILES string of the molecule is CCN(C)C=Nc1cc(Br)c(OC/C=C\c2cccc(OC)c2)nc1C. The van der Waals surface area contributed by atoms with Gasteiger partial charge in [0, 0.05) is 13.6 Å². The number of hydrogen-bond acceptors (Lipinski definition) is 4. The molecule has 0 N–H and O–H groups in total. The summed E-state index contributed by atoms with van der Waals surface area (Å²) < 4.78 is 11.8. The van der Waals surface area contributed by atoms with Gasteiger partial charge in [0.1, 0.15) is 12.4 Å². The third-order valence-corrected chi connectivity index (χ3v) is 4.29. The minimum atomic E-state index is 0.420. The number of benzene rings is 1. The van der Waals surface area contributed by atoms with Crippen molar-refractivity contribution in [2.24, 2.45) is 4.99 Å². The largest absolute Gasteiger partial charge is 0.497 e. The molecule has 26 heavy (non-hydrogen) atoms. The Kier molecular flexibility index (Phi) is 7.66. The Morgan fingerprint density at radius 2 is 2.12 bits per heavy atom. The van der Waals surface area contributed by atoms with Crippen molar-refractivity contribution >= 4 is 34.0 Å². The minimum Gasteiger partial charge on any atom is -0.497 e. The Morgan fingerprint density at radius 3 is 2.85 bits per heavy atom. The van der Waals surface area contributed by atoms with Crippen LogP contribution < -0.4 is 9.47 Å². The van der Waals surface area contributed by atoms with Gasteiger partial charge < -0.3 is 14.4 Å². The van der Waals surface area contributed by atoms with Crippen molar-refractivity contribution in [2.45, 2.75) is 13.8 Å². The summed E-state index contributed by atoms with van der Waals surface area (Å²) in [6.07, 6.45) is 5.73. The molecule has 0 aliphatic carbocycles. The summed E-state index contributed by atoms with van der Waals surface area (Å²) in [7, 11) is 3.64. The summed E-state index contributed by atoms with van der Waals surface area (Å²) in [6, 6.07) is 9.77. The lowest BCUT2D eigenvalue weighted by Gasteiger charge is -2.10. The second-order valence-electron chi connectivity index (χ2n) is 5.69. The molecule has 0 atom stereocenters. The normalized spacial score (nSPS) is 11.3. The van der Waals surface area contributed by atoms with E-state index in [4.69, 9.17) is 9.47 Å². The zero-order valence-electron chi connectivity index (χ0n) is 15.6. The average molecular weight is 418 g/mol. The van der Waals surface area contributed by atoms with E-state index in [0.717, 1.165) is 33.7 Å². The number of halogens is 1. The Morgan fingerprint density at radius 1 is 1.31 bits per heavy atom. The Bertz CT molecular complexity index is 791. The first-order chi connectivity index (χ1) is 12.5. The van der Waals surface area contributed by atoms with Gasteiger partial charge in [-0.25, -0.2) is 9.98 Å². The third kappa shape index (κ3) is 5.88. The van der Waals surface area contributed by atoms with E-state index in [9.17, 15) is 0 Å². The van der Waals surface area contributed by atoms with Gasteiger partial charge in [0.05, 0.1) is 29.3 Å². The number of ether oxygens (including phenoxy) is 2. The molecule has 0 spiro atoms. The Labute approximate surface area is 163 Å². The van der Waals surface area contributed by atoms with Gasteiger partial charge in [0.15, 0.2) is 0 Å². The summed E-state index contributed by atoms with van der Waals surface area (Å²) >= 11 is 3.51. The van der Waals surface area contributed by atoms with E-state index in [2.05, 4.69) is 32.8 Å². The van der Waals surface area contributed by atoms with Crippen molar-refractivity contribution in [3.63, 3.8) is 0 Å². The van der Waals surface area contributed by atoms with Crippen LogP contribution in [-0.2, 0) is 0 Å². The maximum absolute atomic E-state index is 5.76. The van der Waals surface area contributed by atoms with Crippen molar-refractivity contribution < 1.29 is 9.47 Å². The molecular formula is C20H24BrN3O2. The molecule has 0 saturated heterocycles. The van der Waals surface area contributed by atoms with Crippen molar-refractivity contribution in [3.05, 3.63) is 52.1 Å². The van der Waals surface area contributed by atoms with Gasteiger partial charge in [-0.05, 0) is 59.6 Å². The maximum Gasteiger partial charge on any atom is 0.228 e. The molecule has 1 aromatic heterocycles. The maximum atomic E-state index is 5.76. The molecule has 1 heterocycles. The number of pyridine rings is 1. The molecule has 1 aromatic carbocycles. The van der Waals surface area contributed by atoms with Crippen molar-refractivity contribution in [3.8, 4) is 11.6 Å². The van der Waals surface area contributed by atoms with Gasteiger partial charge in [-0.1, -0.05) is 18.2 Å². The van der Waals surface area contributed by atoms with Gasteiger partial charge in [-0.2, -0.15) is 0 Å². The first-order valence-corrected chi connectivity index (χ1v) is 9.17. The molecule has 0 saturated carbocycles. The van der Waals surface area contributed by atoms with E-state index < -0.39 is 0 Å². The summed E-state index contributed by atoms with van der Waals surface area (Å²) in [5.74, 6) is 1.39.